The van der Waals surface area contributed by atoms with Gasteiger partial charge in [-0.25, -0.2) is 8.42 Å². The van der Waals surface area contributed by atoms with Gasteiger partial charge in [0.05, 0.1) is 5.75 Å². The molecule has 0 aliphatic heterocycles. The molecule has 0 spiro atoms. The fraction of sp³-hybridized carbons (Fsp3) is 0.545. The van der Waals surface area contributed by atoms with Gasteiger partial charge in [-0.2, -0.15) is 0 Å². The molecular weight excluding hydrogens is 224 g/mol. The fourth-order valence-corrected chi connectivity index (χ4v) is 2.68. The number of sulfone groups is 1. The van der Waals surface area contributed by atoms with Gasteiger partial charge in [-0.3, -0.25) is 4.98 Å². The van der Waals surface area contributed by atoms with Crippen molar-refractivity contribution in [1.82, 2.24) is 10.3 Å². The summed E-state index contributed by atoms with van der Waals surface area (Å²) >= 11 is 0. The lowest BCUT2D eigenvalue weighted by atomic mass is 10.1. The van der Waals surface area contributed by atoms with Crippen molar-refractivity contribution < 1.29 is 8.42 Å². The van der Waals surface area contributed by atoms with Crippen LogP contribution in [0, 0.1) is 0 Å². The quantitative estimate of drug-likeness (QED) is 0.842. The van der Waals surface area contributed by atoms with Crippen LogP contribution in [0.3, 0.4) is 0 Å². The SMILES string of the molecule is CC(CS(C)(=O)=O)N[C@H](C)c1ccncc1. The zero-order valence-corrected chi connectivity index (χ0v) is 10.7. The molecule has 1 aromatic heterocycles. The van der Waals surface area contributed by atoms with Gasteiger partial charge in [0.25, 0.3) is 0 Å². The number of rotatable bonds is 5. The number of nitrogens with zero attached hydrogens (tertiary/aromatic N) is 1. The van der Waals surface area contributed by atoms with E-state index in [9.17, 15) is 8.42 Å². The van der Waals surface area contributed by atoms with E-state index in [4.69, 9.17) is 0 Å². The summed E-state index contributed by atoms with van der Waals surface area (Å²) in [6.07, 6.45) is 4.71. The predicted octanol–water partition coefficient (Wildman–Crippen LogP) is 1.17. The van der Waals surface area contributed by atoms with E-state index in [2.05, 4.69) is 10.3 Å². The number of hydrogen-bond acceptors (Lipinski definition) is 4. The highest BCUT2D eigenvalue weighted by molar-refractivity contribution is 7.90. The Balaban J connectivity index is 2.55. The third kappa shape index (κ3) is 4.72. The van der Waals surface area contributed by atoms with Gasteiger partial charge in [0.1, 0.15) is 9.84 Å². The van der Waals surface area contributed by atoms with Crippen LogP contribution in [-0.2, 0) is 9.84 Å². The molecule has 1 heterocycles. The molecule has 2 atom stereocenters. The first kappa shape index (κ1) is 13.1. The molecule has 0 fully saturated rings. The molecule has 0 aliphatic carbocycles. The zero-order chi connectivity index (χ0) is 12.2. The van der Waals surface area contributed by atoms with Crippen molar-refractivity contribution in [1.29, 1.82) is 0 Å². The lowest BCUT2D eigenvalue weighted by Crippen LogP contribution is -2.34. The Morgan fingerprint density at radius 1 is 1.31 bits per heavy atom. The zero-order valence-electron chi connectivity index (χ0n) is 9.84. The highest BCUT2D eigenvalue weighted by Crippen LogP contribution is 2.11. The smallest absolute Gasteiger partial charge is 0.148 e. The van der Waals surface area contributed by atoms with Crippen molar-refractivity contribution >= 4 is 9.84 Å². The van der Waals surface area contributed by atoms with Gasteiger partial charge in [0.2, 0.25) is 0 Å². The molecule has 0 aromatic carbocycles. The number of nitrogens with one attached hydrogen (secondary N) is 1. The van der Waals surface area contributed by atoms with Crippen LogP contribution in [0.5, 0.6) is 0 Å². The van der Waals surface area contributed by atoms with Gasteiger partial charge in [0.15, 0.2) is 0 Å². The maximum Gasteiger partial charge on any atom is 0.148 e. The van der Waals surface area contributed by atoms with Crippen LogP contribution in [0.1, 0.15) is 25.5 Å². The van der Waals surface area contributed by atoms with Crippen LogP contribution in [0.2, 0.25) is 0 Å². The van der Waals surface area contributed by atoms with E-state index in [1.54, 1.807) is 12.4 Å². The van der Waals surface area contributed by atoms with Crippen LogP contribution >= 0.6 is 0 Å². The molecule has 1 aromatic rings. The van der Waals surface area contributed by atoms with Gasteiger partial charge in [0, 0.05) is 30.7 Å². The van der Waals surface area contributed by atoms with E-state index in [1.807, 2.05) is 26.0 Å². The van der Waals surface area contributed by atoms with Crippen molar-refractivity contribution in [2.45, 2.75) is 25.9 Å². The molecule has 0 radical (unpaired) electrons. The fourth-order valence-electron chi connectivity index (χ4n) is 1.68. The van der Waals surface area contributed by atoms with Crippen LogP contribution < -0.4 is 5.32 Å². The van der Waals surface area contributed by atoms with Gasteiger partial charge >= 0.3 is 0 Å². The Morgan fingerprint density at radius 3 is 2.38 bits per heavy atom. The monoisotopic (exact) mass is 242 g/mol. The Morgan fingerprint density at radius 2 is 1.88 bits per heavy atom. The third-order valence-electron chi connectivity index (χ3n) is 2.29. The molecule has 1 unspecified atom stereocenters. The number of pyridine rings is 1. The summed E-state index contributed by atoms with van der Waals surface area (Å²) in [6.45, 7) is 3.88. The molecule has 1 N–H and O–H groups in total. The Kier molecular flexibility index (Phi) is 4.44. The molecule has 16 heavy (non-hydrogen) atoms. The van der Waals surface area contributed by atoms with Crippen LogP contribution in [0.25, 0.3) is 0 Å². The molecule has 0 saturated carbocycles. The number of hydrogen-bond donors (Lipinski definition) is 1. The minimum Gasteiger partial charge on any atom is -0.307 e. The lowest BCUT2D eigenvalue weighted by molar-refractivity contribution is 0.500. The molecule has 5 heteroatoms. The summed E-state index contributed by atoms with van der Waals surface area (Å²) < 4.78 is 22.2. The van der Waals surface area contributed by atoms with Crippen molar-refractivity contribution in [3.8, 4) is 0 Å². The average Bonchev–Trinajstić information content (AvgIpc) is 2.16. The van der Waals surface area contributed by atoms with E-state index < -0.39 is 9.84 Å². The van der Waals surface area contributed by atoms with Crippen molar-refractivity contribution in [2.75, 3.05) is 12.0 Å². The normalized spacial score (nSPS) is 15.7. The first-order valence-corrected chi connectivity index (χ1v) is 7.28. The largest absolute Gasteiger partial charge is 0.307 e. The molecule has 0 bridgehead atoms. The summed E-state index contributed by atoms with van der Waals surface area (Å²) in [4.78, 5) is 3.94. The minimum atomic E-state index is -2.93. The Bertz CT molecular complexity index is 417. The molecule has 4 nitrogen and oxygen atoms in total. The highest BCUT2D eigenvalue weighted by atomic mass is 32.2. The summed E-state index contributed by atoms with van der Waals surface area (Å²) in [6, 6.07) is 3.91. The minimum absolute atomic E-state index is 0.0573. The second-order valence-corrected chi connectivity index (χ2v) is 6.35. The van der Waals surface area contributed by atoms with Crippen molar-refractivity contribution in [3.63, 3.8) is 0 Å². The van der Waals surface area contributed by atoms with E-state index in [1.165, 1.54) is 6.26 Å². The van der Waals surface area contributed by atoms with Crippen molar-refractivity contribution in [2.24, 2.45) is 0 Å². The average molecular weight is 242 g/mol. The summed E-state index contributed by atoms with van der Waals surface area (Å²) in [5.74, 6) is 0.155. The van der Waals surface area contributed by atoms with Gasteiger partial charge in [-0.15, -0.1) is 0 Å². The van der Waals surface area contributed by atoms with Crippen LogP contribution in [0.4, 0.5) is 0 Å². The standard InChI is InChI=1S/C11H18N2O2S/c1-9(8-16(3,14)15)13-10(2)11-4-6-12-7-5-11/h4-7,9-10,13H,8H2,1-3H3/t9?,10-/m1/s1. The van der Waals surface area contributed by atoms with E-state index in [0.29, 0.717) is 0 Å². The molecule has 1 rings (SSSR count). The lowest BCUT2D eigenvalue weighted by Gasteiger charge is -2.19. The molecule has 90 valence electrons. The third-order valence-corrected chi connectivity index (χ3v) is 3.40. The maximum atomic E-state index is 11.1. The Labute approximate surface area is 97.0 Å². The summed E-state index contributed by atoms with van der Waals surface area (Å²) in [5, 5.41) is 3.25. The molecular formula is C11H18N2O2S. The van der Waals surface area contributed by atoms with Crippen LogP contribution in [0.15, 0.2) is 24.5 Å². The summed E-state index contributed by atoms with van der Waals surface area (Å²) in [5.41, 5.74) is 1.11. The highest BCUT2D eigenvalue weighted by Gasteiger charge is 2.13. The maximum absolute atomic E-state index is 11.1. The van der Waals surface area contributed by atoms with Gasteiger partial charge in [-0.05, 0) is 31.5 Å². The van der Waals surface area contributed by atoms with Gasteiger partial charge in [-0.1, -0.05) is 0 Å². The molecule has 0 saturated heterocycles. The predicted molar refractivity (Wildman–Crippen MR) is 65.0 cm³/mol. The van der Waals surface area contributed by atoms with Gasteiger partial charge < -0.3 is 5.32 Å². The summed E-state index contributed by atoms with van der Waals surface area (Å²) in [7, 11) is -2.93. The van der Waals surface area contributed by atoms with Crippen LogP contribution in [-0.4, -0.2) is 31.5 Å². The first-order chi connectivity index (χ1) is 7.38. The second-order valence-electron chi connectivity index (χ2n) is 4.16. The van der Waals surface area contributed by atoms with E-state index in [0.717, 1.165) is 5.56 Å². The Hall–Kier alpha value is -0.940. The van der Waals surface area contributed by atoms with Crippen molar-refractivity contribution in [3.05, 3.63) is 30.1 Å². The number of aromatic nitrogens is 1. The second kappa shape index (κ2) is 5.41. The molecule has 0 aliphatic rings. The first-order valence-electron chi connectivity index (χ1n) is 5.22. The van der Waals surface area contributed by atoms with E-state index in [-0.39, 0.29) is 17.8 Å². The molecule has 0 amide bonds. The van der Waals surface area contributed by atoms with E-state index >= 15 is 0 Å². The topological polar surface area (TPSA) is 59.1 Å².